The van der Waals surface area contributed by atoms with E-state index in [1.807, 2.05) is 6.07 Å². The van der Waals surface area contributed by atoms with E-state index in [0.29, 0.717) is 39.3 Å². The Kier molecular flexibility index (Phi) is 9.84. The lowest BCUT2D eigenvalue weighted by molar-refractivity contribution is -0.130. The summed E-state index contributed by atoms with van der Waals surface area (Å²) in [6.45, 7) is 2.84. The van der Waals surface area contributed by atoms with Gasteiger partial charge in [-0.1, -0.05) is 73.7 Å². The first-order valence-corrected chi connectivity index (χ1v) is 10.5. The third-order valence-electron chi connectivity index (χ3n) is 4.38. The highest BCUT2D eigenvalue weighted by atomic mass is 35.5. The first-order valence-electron chi connectivity index (χ1n) is 9.77. The summed E-state index contributed by atoms with van der Waals surface area (Å²) in [6.07, 6.45) is 5.56. The number of carbonyl (C=O) groups is 1. The molecule has 0 atom stereocenters. The van der Waals surface area contributed by atoms with E-state index in [1.165, 1.54) is 19.8 Å². The predicted molar refractivity (Wildman–Crippen MR) is 119 cm³/mol. The summed E-state index contributed by atoms with van der Waals surface area (Å²) in [5.74, 6) is -0.180. The molecule has 0 amide bonds. The number of benzene rings is 2. The number of ether oxygens (including phenoxy) is 3. The van der Waals surface area contributed by atoms with Crippen molar-refractivity contribution in [1.82, 2.24) is 0 Å². The minimum Gasteiger partial charge on any atom is -0.503 e. The molecule has 0 bridgehead atoms. The maximum atomic E-state index is 11.5. The van der Waals surface area contributed by atoms with Gasteiger partial charge in [-0.3, -0.25) is 0 Å². The smallest absolute Gasteiger partial charge is 0.339 e. The van der Waals surface area contributed by atoms with Crippen LogP contribution in [0.25, 0.3) is 5.57 Å². The number of methoxy groups -OCH3 is 1. The van der Waals surface area contributed by atoms with Gasteiger partial charge < -0.3 is 19.3 Å². The molecular weight excluding hydrogens is 427 g/mol. The third-order valence-corrected chi connectivity index (χ3v) is 4.95. The summed E-state index contributed by atoms with van der Waals surface area (Å²) in [5, 5.41) is 10.2. The summed E-state index contributed by atoms with van der Waals surface area (Å²) < 4.78 is 16.5. The molecule has 0 saturated carbocycles. The molecule has 2 aromatic rings. The topological polar surface area (TPSA) is 65.0 Å². The molecule has 162 valence electrons. The number of unbranched alkanes of at least 4 members (excludes halogenated alkanes) is 3. The average Bonchev–Trinajstić information content (AvgIpc) is 2.72. The SMILES string of the molecule is CCCCCCOc1c(Cl)cc(OCc2ccccc2/C(=C\OC)C(=O)O)cc1Cl. The van der Waals surface area contributed by atoms with Gasteiger partial charge in [0.15, 0.2) is 5.75 Å². The molecule has 2 rings (SSSR count). The fraction of sp³-hybridized carbons (Fsp3) is 0.348. The highest BCUT2D eigenvalue weighted by Crippen LogP contribution is 2.37. The van der Waals surface area contributed by atoms with Crippen LogP contribution in [0.1, 0.15) is 43.7 Å². The maximum absolute atomic E-state index is 11.5. The van der Waals surface area contributed by atoms with Crippen LogP contribution in [0.3, 0.4) is 0 Å². The minimum atomic E-state index is -1.09. The fourth-order valence-corrected chi connectivity index (χ4v) is 3.45. The van der Waals surface area contributed by atoms with Crippen LogP contribution in [0.4, 0.5) is 0 Å². The van der Waals surface area contributed by atoms with Crippen molar-refractivity contribution in [2.75, 3.05) is 13.7 Å². The molecule has 0 fully saturated rings. The molecular formula is C23H26Cl2O5. The minimum absolute atomic E-state index is 0.0413. The monoisotopic (exact) mass is 452 g/mol. The molecule has 0 aliphatic carbocycles. The van der Waals surface area contributed by atoms with Crippen LogP contribution in [0.2, 0.25) is 10.0 Å². The Hall–Kier alpha value is -2.37. The van der Waals surface area contributed by atoms with Gasteiger partial charge in [-0.15, -0.1) is 0 Å². The number of carboxylic acid groups (broad SMARTS) is 1. The van der Waals surface area contributed by atoms with Gasteiger partial charge in [0, 0.05) is 12.1 Å². The second-order valence-electron chi connectivity index (χ2n) is 6.64. The van der Waals surface area contributed by atoms with Gasteiger partial charge in [0.2, 0.25) is 0 Å². The Morgan fingerprint density at radius 2 is 1.77 bits per heavy atom. The van der Waals surface area contributed by atoms with Gasteiger partial charge in [-0.2, -0.15) is 0 Å². The van der Waals surface area contributed by atoms with E-state index in [-0.39, 0.29) is 12.2 Å². The molecule has 1 N–H and O–H groups in total. The van der Waals surface area contributed by atoms with Crippen LogP contribution in [0, 0.1) is 0 Å². The van der Waals surface area contributed by atoms with Gasteiger partial charge in [0.25, 0.3) is 0 Å². The van der Waals surface area contributed by atoms with E-state index < -0.39 is 5.97 Å². The first kappa shape index (κ1) is 23.9. The molecule has 0 unspecified atom stereocenters. The van der Waals surface area contributed by atoms with E-state index in [1.54, 1.807) is 30.3 Å². The van der Waals surface area contributed by atoms with E-state index in [9.17, 15) is 9.90 Å². The van der Waals surface area contributed by atoms with Crippen LogP contribution in [-0.2, 0) is 16.1 Å². The predicted octanol–water partition coefficient (Wildman–Crippen LogP) is 6.60. The molecule has 0 saturated heterocycles. The lowest BCUT2D eigenvalue weighted by Gasteiger charge is -2.14. The second-order valence-corrected chi connectivity index (χ2v) is 7.46. The lowest BCUT2D eigenvalue weighted by atomic mass is 10.0. The van der Waals surface area contributed by atoms with Gasteiger partial charge in [-0.05, 0) is 17.5 Å². The molecule has 2 aromatic carbocycles. The zero-order valence-corrected chi connectivity index (χ0v) is 18.6. The largest absolute Gasteiger partial charge is 0.503 e. The van der Waals surface area contributed by atoms with Crippen LogP contribution >= 0.6 is 23.2 Å². The normalized spacial score (nSPS) is 11.3. The molecule has 0 heterocycles. The summed E-state index contributed by atoms with van der Waals surface area (Å²) in [6, 6.07) is 10.3. The van der Waals surface area contributed by atoms with Crippen molar-refractivity contribution < 1.29 is 24.1 Å². The van der Waals surface area contributed by atoms with E-state index >= 15 is 0 Å². The zero-order chi connectivity index (χ0) is 21.9. The standard InChI is InChI=1S/C23H26Cl2O5/c1-3-4-5-8-11-29-22-20(24)12-17(13-21(22)25)30-14-16-9-6-7-10-18(16)19(15-28-2)23(26)27/h6-7,9-10,12-13,15H,3-5,8,11,14H2,1-2H3,(H,26,27)/b19-15+. The lowest BCUT2D eigenvalue weighted by Crippen LogP contribution is -2.06. The number of aliphatic carboxylic acids is 1. The Balaban J connectivity index is 2.10. The van der Waals surface area contributed by atoms with Gasteiger partial charge in [0.05, 0.1) is 30.0 Å². The van der Waals surface area contributed by atoms with Gasteiger partial charge in [0.1, 0.15) is 17.9 Å². The van der Waals surface area contributed by atoms with Crippen LogP contribution in [0.15, 0.2) is 42.7 Å². The number of carboxylic acids is 1. The van der Waals surface area contributed by atoms with Crippen molar-refractivity contribution in [3.63, 3.8) is 0 Å². The quantitative estimate of drug-likeness (QED) is 0.223. The molecule has 5 nitrogen and oxygen atoms in total. The summed E-state index contributed by atoms with van der Waals surface area (Å²) in [5.41, 5.74) is 1.24. The van der Waals surface area contributed by atoms with Crippen molar-refractivity contribution in [3.05, 3.63) is 63.8 Å². The second kappa shape index (κ2) is 12.4. The Morgan fingerprint density at radius 3 is 2.40 bits per heavy atom. The highest BCUT2D eigenvalue weighted by Gasteiger charge is 2.16. The number of halogens is 2. The van der Waals surface area contributed by atoms with Crippen LogP contribution in [-0.4, -0.2) is 24.8 Å². The average molecular weight is 453 g/mol. The summed E-state index contributed by atoms with van der Waals surface area (Å²) in [4.78, 5) is 11.5. The van der Waals surface area contributed by atoms with Crippen molar-refractivity contribution in [2.45, 2.75) is 39.2 Å². The molecule has 0 aliphatic heterocycles. The number of rotatable bonds is 12. The van der Waals surface area contributed by atoms with Crippen molar-refractivity contribution >= 4 is 34.7 Å². The third kappa shape index (κ3) is 6.85. The van der Waals surface area contributed by atoms with Crippen molar-refractivity contribution in [2.24, 2.45) is 0 Å². The van der Waals surface area contributed by atoms with E-state index in [2.05, 4.69) is 6.92 Å². The van der Waals surface area contributed by atoms with Crippen LogP contribution in [0.5, 0.6) is 11.5 Å². The molecule has 7 heteroatoms. The van der Waals surface area contributed by atoms with Gasteiger partial charge in [-0.25, -0.2) is 4.79 Å². The Bertz CT molecular complexity index is 857. The zero-order valence-electron chi connectivity index (χ0n) is 17.1. The summed E-state index contributed by atoms with van der Waals surface area (Å²) in [7, 11) is 1.40. The molecule has 30 heavy (non-hydrogen) atoms. The Labute approximate surface area is 187 Å². The molecule has 0 aromatic heterocycles. The molecule has 0 radical (unpaired) electrons. The highest BCUT2D eigenvalue weighted by molar-refractivity contribution is 6.37. The number of hydrogen-bond acceptors (Lipinski definition) is 4. The van der Waals surface area contributed by atoms with E-state index in [4.69, 9.17) is 37.4 Å². The first-order chi connectivity index (χ1) is 14.5. The molecule has 0 aliphatic rings. The summed E-state index contributed by atoms with van der Waals surface area (Å²) >= 11 is 12.7. The molecule has 0 spiro atoms. The van der Waals surface area contributed by atoms with Crippen LogP contribution < -0.4 is 9.47 Å². The van der Waals surface area contributed by atoms with E-state index in [0.717, 1.165) is 19.3 Å². The van der Waals surface area contributed by atoms with Crippen molar-refractivity contribution in [1.29, 1.82) is 0 Å². The van der Waals surface area contributed by atoms with Crippen molar-refractivity contribution in [3.8, 4) is 11.5 Å². The number of hydrogen-bond donors (Lipinski definition) is 1. The van der Waals surface area contributed by atoms with Gasteiger partial charge >= 0.3 is 5.97 Å². The Morgan fingerprint density at radius 1 is 1.07 bits per heavy atom. The fourth-order valence-electron chi connectivity index (χ4n) is 2.88. The maximum Gasteiger partial charge on any atom is 0.339 e.